The number of phenolic OH excluding ortho intramolecular Hbond substituents is 1. The maximum atomic E-state index is 11.1. The van der Waals surface area contributed by atoms with E-state index < -0.39 is 0 Å². The Hall–Kier alpha value is -0.980. The minimum Gasteiger partial charge on any atom is -0.507 e. The zero-order valence-corrected chi connectivity index (χ0v) is 17.1. The van der Waals surface area contributed by atoms with Crippen molar-refractivity contribution in [3.8, 4) is 5.75 Å². The van der Waals surface area contributed by atoms with Gasteiger partial charge in [-0.1, -0.05) is 75.3 Å². The highest BCUT2D eigenvalue weighted by Crippen LogP contribution is 2.43. The van der Waals surface area contributed by atoms with E-state index in [-0.39, 0.29) is 10.8 Å². The summed E-state index contributed by atoms with van der Waals surface area (Å²) in [6.07, 6.45) is 2.11. The molecule has 0 amide bonds. The van der Waals surface area contributed by atoms with Crippen molar-refractivity contribution in [3.05, 3.63) is 28.3 Å². The Kier molecular flexibility index (Phi) is 5.99. The smallest absolute Gasteiger partial charge is 0.123 e. The van der Waals surface area contributed by atoms with Gasteiger partial charge in [-0.25, -0.2) is 0 Å². The molecule has 0 heterocycles. The molecule has 0 fully saturated rings. The third-order valence-corrected chi connectivity index (χ3v) is 4.30. The van der Waals surface area contributed by atoms with Crippen molar-refractivity contribution in [1.29, 1.82) is 0 Å². The van der Waals surface area contributed by atoms with Gasteiger partial charge < -0.3 is 5.11 Å². The van der Waals surface area contributed by atoms with Crippen molar-refractivity contribution >= 4 is 0 Å². The van der Waals surface area contributed by atoms with Crippen LogP contribution in [0, 0.1) is 11.8 Å². The summed E-state index contributed by atoms with van der Waals surface area (Å²) in [5.74, 6) is 1.72. The third kappa shape index (κ3) is 4.99. The summed E-state index contributed by atoms with van der Waals surface area (Å²) >= 11 is 0. The highest BCUT2D eigenvalue weighted by atomic mass is 16.3. The van der Waals surface area contributed by atoms with Gasteiger partial charge in [-0.15, -0.1) is 0 Å². The van der Waals surface area contributed by atoms with Gasteiger partial charge in [0, 0.05) is 5.56 Å². The predicted octanol–water partition coefficient (Wildman–Crippen LogP) is 6.38. The average Bonchev–Trinajstić information content (AvgIpc) is 2.27. The van der Waals surface area contributed by atoms with E-state index in [1.165, 1.54) is 11.1 Å². The second-order valence-corrected chi connectivity index (χ2v) is 9.98. The summed E-state index contributed by atoms with van der Waals surface area (Å²) in [5.41, 5.74) is 4.96. The lowest BCUT2D eigenvalue weighted by molar-refractivity contribution is 0.418. The van der Waals surface area contributed by atoms with Crippen molar-refractivity contribution in [1.82, 2.24) is 0 Å². The van der Waals surface area contributed by atoms with E-state index in [1.807, 2.05) is 0 Å². The van der Waals surface area contributed by atoms with Crippen molar-refractivity contribution in [2.75, 3.05) is 0 Å². The number of rotatable bonds is 4. The molecule has 1 N–H and O–H groups in total. The van der Waals surface area contributed by atoms with Gasteiger partial charge >= 0.3 is 0 Å². The Morgan fingerprint density at radius 2 is 1.30 bits per heavy atom. The van der Waals surface area contributed by atoms with Crippen LogP contribution < -0.4 is 0 Å². The van der Waals surface area contributed by atoms with Gasteiger partial charge in [-0.2, -0.15) is 0 Å². The van der Waals surface area contributed by atoms with Gasteiger partial charge in [0.05, 0.1) is 0 Å². The topological polar surface area (TPSA) is 20.2 Å². The third-order valence-electron chi connectivity index (χ3n) is 4.30. The molecule has 0 aliphatic carbocycles. The SMILES string of the molecule is CC(C)Cc1cc(C(C)(C)C)c(O)c(C(C)(C)C)c1CC(C)C. The Bertz CT molecular complexity index is 537. The molecule has 0 saturated carbocycles. The van der Waals surface area contributed by atoms with Crippen LogP contribution in [0.2, 0.25) is 0 Å². The molecule has 0 bridgehead atoms. The Labute approximate surface area is 144 Å². The standard InChI is InChI=1S/C22H38O/c1-14(2)11-16-13-18(21(5,6)7)20(23)19(22(8,9)10)17(16)12-15(3)4/h13-15,23H,11-12H2,1-10H3. The highest BCUT2D eigenvalue weighted by molar-refractivity contribution is 5.55. The van der Waals surface area contributed by atoms with Gasteiger partial charge in [0.2, 0.25) is 0 Å². The van der Waals surface area contributed by atoms with Crippen molar-refractivity contribution in [3.63, 3.8) is 0 Å². The van der Waals surface area contributed by atoms with E-state index in [0.717, 1.165) is 24.0 Å². The lowest BCUT2D eigenvalue weighted by Crippen LogP contribution is -2.22. The first kappa shape index (κ1) is 20.1. The fourth-order valence-electron chi connectivity index (χ4n) is 3.41. The molecule has 0 aromatic heterocycles. The molecule has 23 heavy (non-hydrogen) atoms. The molecule has 0 saturated heterocycles. The van der Waals surface area contributed by atoms with E-state index in [1.54, 1.807) is 0 Å². The van der Waals surface area contributed by atoms with Crippen LogP contribution in [0.3, 0.4) is 0 Å². The summed E-state index contributed by atoms with van der Waals surface area (Å²) in [7, 11) is 0. The molecular weight excluding hydrogens is 280 g/mol. The van der Waals surface area contributed by atoms with Gasteiger partial charge in [0.15, 0.2) is 0 Å². The monoisotopic (exact) mass is 318 g/mol. The van der Waals surface area contributed by atoms with Crippen LogP contribution in [-0.2, 0) is 23.7 Å². The fourth-order valence-corrected chi connectivity index (χ4v) is 3.41. The summed E-state index contributed by atoms with van der Waals surface area (Å²) < 4.78 is 0. The first-order chi connectivity index (χ1) is 10.2. The van der Waals surface area contributed by atoms with E-state index in [4.69, 9.17) is 0 Å². The van der Waals surface area contributed by atoms with Gasteiger partial charge in [-0.3, -0.25) is 0 Å². The normalized spacial score (nSPS) is 13.2. The van der Waals surface area contributed by atoms with Gasteiger partial charge in [-0.05, 0) is 52.2 Å². The molecule has 1 heteroatoms. The second kappa shape index (κ2) is 6.87. The zero-order chi connectivity index (χ0) is 18.2. The highest BCUT2D eigenvalue weighted by Gasteiger charge is 2.30. The Morgan fingerprint density at radius 1 is 0.826 bits per heavy atom. The summed E-state index contributed by atoms with van der Waals surface area (Å²) in [6, 6.07) is 2.28. The van der Waals surface area contributed by atoms with Crippen molar-refractivity contribution in [2.45, 2.75) is 92.9 Å². The van der Waals surface area contributed by atoms with Crippen LogP contribution in [0.25, 0.3) is 0 Å². The molecule has 0 aliphatic heterocycles. The van der Waals surface area contributed by atoms with Crippen LogP contribution in [0.15, 0.2) is 6.07 Å². The first-order valence-electron chi connectivity index (χ1n) is 9.13. The molecule has 1 nitrogen and oxygen atoms in total. The van der Waals surface area contributed by atoms with Crippen LogP contribution >= 0.6 is 0 Å². The van der Waals surface area contributed by atoms with Crippen LogP contribution in [-0.4, -0.2) is 5.11 Å². The van der Waals surface area contributed by atoms with E-state index in [2.05, 4.69) is 75.3 Å². The lowest BCUT2D eigenvalue weighted by atomic mass is 9.73. The number of hydrogen-bond donors (Lipinski definition) is 1. The first-order valence-corrected chi connectivity index (χ1v) is 9.13. The average molecular weight is 319 g/mol. The van der Waals surface area contributed by atoms with Crippen LogP contribution in [0.1, 0.15) is 91.5 Å². The quantitative estimate of drug-likeness (QED) is 0.682. The second-order valence-electron chi connectivity index (χ2n) is 9.98. The molecule has 0 radical (unpaired) electrons. The summed E-state index contributed by atoms with van der Waals surface area (Å²) in [4.78, 5) is 0. The number of aromatic hydroxyl groups is 1. The Morgan fingerprint density at radius 3 is 1.65 bits per heavy atom. The zero-order valence-electron chi connectivity index (χ0n) is 17.1. The van der Waals surface area contributed by atoms with E-state index in [0.29, 0.717) is 17.6 Å². The molecule has 0 atom stereocenters. The van der Waals surface area contributed by atoms with Crippen molar-refractivity contribution in [2.24, 2.45) is 11.8 Å². The van der Waals surface area contributed by atoms with Gasteiger partial charge in [0.1, 0.15) is 5.75 Å². The van der Waals surface area contributed by atoms with E-state index >= 15 is 0 Å². The molecule has 1 aromatic rings. The lowest BCUT2D eigenvalue weighted by Gasteiger charge is -2.32. The molecule has 132 valence electrons. The minimum absolute atomic E-state index is 0.0494. The van der Waals surface area contributed by atoms with E-state index in [9.17, 15) is 5.11 Å². The molecular formula is C22H38O. The van der Waals surface area contributed by atoms with Crippen LogP contribution in [0.4, 0.5) is 0 Å². The summed E-state index contributed by atoms with van der Waals surface area (Å²) in [6.45, 7) is 22.3. The minimum atomic E-state index is -0.0543. The molecule has 0 unspecified atom stereocenters. The maximum Gasteiger partial charge on any atom is 0.123 e. The van der Waals surface area contributed by atoms with Gasteiger partial charge in [0.25, 0.3) is 0 Å². The fraction of sp³-hybridized carbons (Fsp3) is 0.727. The molecule has 1 aromatic carbocycles. The van der Waals surface area contributed by atoms with Crippen LogP contribution in [0.5, 0.6) is 5.75 Å². The largest absolute Gasteiger partial charge is 0.507 e. The predicted molar refractivity (Wildman–Crippen MR) is 103 cm³/mol. The number of benzene rings is 1. The maximum absolute atomic E-state index is 11.1. The molecule has 0 aliphatic rings. The molecule has 1 rings (SSSR count). The number of phenols is 1. The summed E-state index contributed by atoms with van der Waals surface area (Å²) in [5, 5.41) is 11.1. The number of hydrogen-bond acceptors (Lipinski definition) is 1. The molecule has 0 spiro atoms. The Balaban J connectivity index is 3.79. The van der Waals surface area contributed by atoms with Crippen molar-refractivity contribution < 1.29 is 5.11 Å².